The van der Waals surface area contributed by atoms with E-state index in [0.29, 0.717) is 36.4 Å². The summed E-state index contributed by atoms with van der Waals surface area (Å²) < 4.78 is 5.46. The third kappa shape index (κ3) is 5.59. The predicted octanol–water partition coefficient (Wildman–Crippen LogP) is 4.52. The number of hydrogen-bond donors (Lipinski definition) is 1. The highest BCUT2D eigenvalue weighted by molar-refractivity contribution is 6.30. The van der Waals surface area contributed by atoms with E-state index in [-0.39, 0.29) is 11.8 Å². The van der Waals surface area contributed by atoms with E-state index in [1.807, 2.05) is 24.3 Å². The lowest BCUT2D eigenvalue weighted by molar-refractivity contribution is -0.127. The molecule has 7 nitrogen and oxygen atoms in total. The van der Waals surface area contributed by atoms with E-state index in [4.69, 9.17) is 16.1 Å². The van der Waals surface area contributed by atoms with Gasteiger partial charge in [-0.15, -0.1) is 0 Å². The van der Waals surface area contributed by atoms with Gasteiger partial charge in [-0.1, -0.05) is 28.9 Å². The molecule has 178 valence electrons. The molecule has 0 radical (unpaired) electrons. The molecule has 1 N–H and O–H groups in total. The van der Waals surface area contributed by atoms with Crippen molar-refractivity contribution >= 4 is 23.2 Å². The van der Waals surface area contributed by atoms with E-state index in [2.05, 4.69) is 49.5 Å². The lowest BCUT2D eigenvalue weighted by Crippen LogP contribution is -2.42. The summed E-state index contributed by atoms with van der Waals surface area (Å²) >= 11 is 5.95. The molecule has 2 aromatic carbocycles. The van der Waals surface area contributed by atoms with Gasteiger partial charge in [-0.3, -0.25) is 9.69 Å². The fourth-order valence-electron chi connectivity index (χ4n) is 4.77. The van der Waals surface area contributed by atoms with E-state index >= 15 is 0 Å². The van der Waals surface area contributed by atoms with Crippen molar-refractivity contribution in [2.45, 2.75) is 38.8 Å². The van der Waals surface area contributed by atoms with Gasteiger partial charge in [0.1, 0.15) is 0 Å². The molecule has 3 aromatic rings. The Bertz CT molecular complexity index is 1090. The number of amides is 1. The molecular formula is C26H30ClN5O2. The predicted molar refractivity (Wildman–Crippen MR) is 132 cm³/mol. The van der Waals surface area contributed by atoms with Crippen molar-refractivity contribution in [1.29, 1.82) is 0 Å². The number of likely N-dealkylation sites (tertiary alicyclic amines) is 1. The van der Waals surface area contributed by atoms with Crippen LogP contribution in [0.3, 0.4) is 0 Å². The van der Waals surface area contributed by atoms with Gasteiger partial charge in [-0.2, -0.15) is 4.98 Å². The maximum atomic E-state index is 12.9. The first-order valence-corrected chi connectivity index (χ1v) is 12.4. The molecule has 2 fully saturated rings. The average molecular weight is 480 g/mol. The Kier molecular flexibility index (Phi) is 7.11. The number of nitrogens with zero attached hydrogens (tertiary/aromatic N) is 4. The van der Waals surface area contributed by atoms with Gasteiger partial charge >= 0.3 is 0 Å². The second-order valence-electron chi connectivity index (χ2n) is 9.17. The van der Waals surface area contributed by atoms with Crippen molar-refractivity contribution in [2.24, 2.45) is 5.92 Å². The average Bonchev–Trinajstić information content (AvgIpc) is 3.56. The Labute approximate surface area is 205 Å². The van der Waals surface area contributed by atoms with Crippen molar-refractivity contribution in [3.63, 3.8) is 0 Å². The molecule has 0 spiro atoms. The second-order valence-corrected chi connectivity index (χ2v) is 9.61. The third-order valence-corrected chi connectivity index (χ3v) is 6.93. The molecule has 1 unspecified atom stereocenters. The van der Waals surface area contributed by atoms with Crippen molar-refractivity contribution in [2.75, 3.05) is 31.1 Å². The molecule has 3 heterocycles. The zero-order chi connectivity index (χ0) is 23.3. The van der Waals surface area contributed by atoms with Crippen molar-refractivity contribution in [1.82, 2.24) is 20.4 Å². The summed E-state index contributed by atoms with van der Waals surface area (Å²) in [6.45, 7) is 4.99. The Morgan fingerprint density at radius 2 is 1.79 bits per heavy atom. The summed E-state index contributed by atoms with van der Waals surface area (Å²) in [5.41, 5.74) is 3.27. The number of anilines is 1. The van der Waals surface area contributed by atoms with Gasteiger partial charge in [0.15, 0.2) is 0 Å². The van der Waals surface area contributed by atoms with Gasteiger partial charge in [0.25, 0.3) is 0 Å². The van der Waals surface area contributed by atoms with Crippen LogP contribution in [0.4, 0.5) is 5.69 Å². The molecule has 2 aliphatic heterocycles. The summed E-state index contributed by atoms with van der Waals surface area (Å²) in [6.07, 6.45) is 4.41. The molecule has 2 saturated heterocycles. The summed E-state index contributed by atoms with van der Waals surface area (Å²) in [7, 11) is 0. The number of carbonyl (C=O) groups excluding carboxylic acids is 1. The van der Waals surface area contributed by atoms with Gasteiger partial charge in [0.2, 0.25) is 17.6 Å². The van der Waals surface area contributed by atoms with Crippen LogP contribution in [0.5, 0.6) is 0 Å². The van der Waals surface area contributed by atoms with Gasteiger partial charge in [0, 0.05) is 42.5 Å². The lowest BCUT2D eigenvalue weighted by atomic mass is 9.97. The first kappa shape index (κ1) is 22.9. The summed E-state index contributed by atoms with van der Waals surface area (Å²) in [5, 5.41) is 7.89. The van der Waals surface area contributed by atoms with Gasteiger partial charge < -0.3 is 14.7 Å². The second kappa shape index (κ2) is 10.6. The minimum absolute atomic E-state index is 0.0312. The van der Waals surface area contributed by atoms with Crippen LogP contribution in [0.15, 0.2) is 53.1 Å². The van der Waals surface area contributed by atoms with Crippen LogP contribution in [0.1, 0.15) is 37.1 Å². The van der Waals surface area contributed by atoms with E-state index in [9.17, 15) is 4.79 Å². The molecule has 34 heavy (non-hydrogen) atoms. The molecule has 2 aliphatic rings. The fourth-order valence-corrected chi connectivity index (χ4v) is 4.90. The highest BCUT2D eigenvalue weighted by atomic mass is 35.5. The minimum Gasteiger partial charge on any atom is -0.372 e. The number of nitrogens with one attached hydrogen (secondary N) is 1. The van der Waals surface area contributed by atoms with Crippen LogP contribution in [0.25, 0.3) is 11.4 Å². The number of piperidine rings is 1. The number of rotatable bonds is 7. The van der Waals surface area contributed by atoms with Crippen LogP contribution in [0.2, 0.25) is 5.02 Å². The Hall–Kier alpha value is -2.90. The van der Waals surface area contributed by atoms with E-state index in [0.717, 1.165) is 43.6 Å². The molecule has 0 aliphatic carbocycles. The normalized spacial score (nSPS) is 18.9. The number of benzene rings is 2. The first-order valence-electron chi connectivity index (χ1n) is 12.1. The van der Waals surface area contributed by atoms with Crippen LogP contribution in [-0.2, 0) is 17.9 Å². The number of aromatic nitrogens is 2. The molecular weight excluding hydrogens is 450 g/mol. The summed E-state index contributed by atoms with van der Waals surface area (Å²) in [5.74, 6) is 1.19. The molecule has 0 bridgehead atoms. The topological polar surface area (TPSA) is 74.5 Å². The standard InChI is InChI=1S/C26H30ClN5O2/c27-22-9-7-20(8-10-22)25-29-24(34-30-25)18-31-13-3-4-21(17-31)26(33)28-16-19-5-11-23(12-6-19)32-14-1-2-15-32/h5-12,21H,1-4,13-18H2,(H,28,33). The quantitative estimate of drug-likeness (QED) is 0.537. The Morgan fingerprint density at radius 1 is 1.03 bits per heavy atom. The molecule has 5 rings (SSSR count). The van der Waals surface area contributed by atoms with Crippen LogP contribution in [0, 0.1) is 5.92 Å². The Morgan fingerprint density at radius 3 is 2.56 bits per heavy atom. The molecule has 0 saturated carbocycles. The summed E-state index contributed by atoms with van der Waals surface area (Å²) in [6, 6.07) is 15.9. The molecule has 1 aromatic heterocycles. The number of carbonyl (C=O) groups is 1. The highest BCUT2D eigenvalue weighted by Crippen LogP contribution is 2.23. The zero-order valence-corrected chi connectivity index (χ0v) is 20.0. The zero-order valence-electron chi connectivity index (χ0n) is 19.3. The van der Waals surface area contributed by atoms with Crippen molar-refractivity contribution in [3.8, 4) is 11.4 Å². The van der Waals surface area contributed by atoms with E-state index in [1.165, 1.54) is 18.5 Å². The summed E-state index contributed by atoms with van der Waals surface area (Å²) in [4.78, 5) is 22.0. The van der Waals surface area contributed by atoms with E-state index in [1.54, 1.807) is 0 Å². The SMILES string of the molecule is O=C(NCc1ccc(N2CCCC2)cc1)C1CCCN(Cc2nc(-c3ccc(Cl)cc3)no2)C1. The maximum Gasteiger partial charge on any atom is 0.241 e. The Balaban J connectivity index is 1.11. The van der Waals surface area contributed by atoms with Gasteiger partial charge in [0.05, 0.1) is 12.5 Å². The van der Waals surface area contributed by atoms with E-state index < -0.39 is 0 Å². The largest absolute Gasteiger partial charge is 0.372 e. The third-order valence-electron chi connectivity index (χ3n) is 6.68. The number of hydrogen-bond acceptors (Lipinski definition) is 6. The van der Waals surface area contributed by atoms with Crippen LogP contribution >= 0.6 is 11.6 Å². The lowest BCUT2D eigenvalue weighted by Gasteiger charge is -2.30. The van der Waals surface area contributed by atoms with Crippen LogP contribution < -0.4 is 10.2 Å². The monoisotopic (exact) mass is 479 g/mol. The molecule has 1 atom stereocenters. The smallest absolute Gasteiger partial charge is 0.241 e. The van der Waals surface area contributed by atoms with Gasteiger partial charge in [-0.05, 0) is 74.2 Å². The van der Waals surface area contributed by atoms with Gasteiger partial charge in [-0.25, -0.2) is 0 Å². The minimum atomic E-state index is -0.0312. The molecule has 8 heteroatoms. The van der Waals surface area contributed by atoms with Crippen molar-refractivity contribution < 1.29 is 9.32 Å². The highest BCUT2D eigenvalue weighted by Gasteiger charge is 2.27. The first-order chi connectivity index (χ1) is 16.6. The number of halogens is 1. The van der Waals surface area contributed by atoms with Crippen molar-refractivity contribution in [3.05, 3.63) is 65.0 Å². The molecule has 1 amide bonds. The maximum absolute atomic E-state index is 12.9. The fraction of sp³-hybridized carbons (Fsp3) is 0.423. The van der Waals surface area contributed by atoms with Crippen LogP contribution in [-0.4, -0.2) is 47.1 Å².